The van der Waals surface area contributed by atoms with Gasteiger partial charge in [-0.1, -0.05) is 36.4 Å². The van der Waals surface area contributed by atoms with E-state index in [1.54, 1.807) is 13.3 Å². The Balaban J connectivity index is 1.34. The highest BCUT2D eigenvalue weighted by molar-refractivity contribution is 5.59. The number of benzene rings is 1. The highest BCUT2D eigenvalue weighted by Crippen LogP contribution is 2.36. The lowest BCUT2D eigenvalue weighted by molar-refractivity contribution is 0.299. The molecule has 1 saturated heterocycles. The van der Waals surface area contributed by atoms with E-state index in [0.717, 1.165) is 38.5 Å². The van der Waals surface area contributed by atoms with Gasteiger partial charge in [0.05, 0.1) is 19.0 Å². The van der Waals surface area contributed by atoms with Crippen molar-refractivity contribution in [1.29, 1.82) is 0 Å². The van der Waals surface area contributed by atoms with Gasteiger partial charge >= 0.3 is 0 Å². The first-order chi connectivity index (χ1) is 13.3. The average Bonchev–Trinajstić information content (AvgIpc) is 3.29. The van der Waals surface area contributed by atoms with Gasteiger partial charge in [-0.15, -0.1) is 0 Å². The lowest BCUT2D eigenvalue weighted by Crippen LogP contribution is -2.28. The predicted octanol–water partition coefficient (Wildman–Crippen LogP) is 3.26. The van der Waals surface area contributed by atoms with Crippen LogP contribution in [-0.2, 0) is 19.5 Å². The maximum absolute atomic E-state index is 5.43. The molecule has 2 aliphatic heterocycles. The van der Waals surface area contributed by atoms with Crippen LogP contribution in [-0.4, -0.2) is 39.6 Å². The highest BCUT2D eigenvalue weighted by Gasteiger charge is 2.38. The van der Waals surface area contributed by atoms with Crippen LogP contribution in [0.4, 0.5) is 0 Å². The van der Waals surface area contributed by atoms with Crippen molar-refractivity contribution >= 4 is 0 Å². The van der Waals surface area contributed by atoms with E-state index in [9.17, 15) is 0 Å². The minimum atomic E-state index is 0.678. The van der Waals surface area contributed by atoms with Gasteiger partial charge in [-0.25, -0.2) is 9.97 Å². The number of ether oxygens (including phenoxy) is 1. The molecule has 27 heavy (non-hydrogen) atoms. The monoisotopic (exact) mass is 360 g/mol. The van der Waals surface area contributed by atoms with Gasteiger partial charge in [0, 0.05) is 44.4 Å². The summed E-state index contributed by atoms with van der Waals surface area (Å²) in [6.45, 7) is 4.20. The van der Waals surface area contributed by atoms with E-state index < -0.39 is 0 Å². The zero-order valence-electron chi connectivity index (χ0n) is 15.6. The molecule has 138 valence electrons. The molecule has 0 spiro atoms. The van der Waals surface area contributed by atoms with Gasteiger partial charge in [-0.05, 0) is 23.5 Å². The molecule has 4 heterocycles. The number of nitrogens with zero attached hydrogens (tertiary/aromatic N) is 4. The van der Waals surface area contributed by atoms with Crippen LogP contribution in [0.15, 0.2) is 54.9 Å². The largest absolute Gasteiger partial charge is 0.481 e. The molecule has 5 rings (SSSR count). The van der Waals surface area contributed by atoms with E-state index in [0.29, 0.717) is 11.8 Å². The summed E-state index contributed by atoms with van der Waals surface area (Å²) in [5, 5.41) is 0. The molecule has 1 aromatic carbocycles. The first kappa shape index (κ1) is 16.5. The molecule has 0 saturated carbocycles. The Bertz CT molecular complexity index is 936. The number of likely N-dealkylation sites (tertiary alicyclic amines) is 1. The van der Waals surface area contributed by atoms with E-state index in [2.05, 4.69) is 50.8 Å². The molecular formula is C22H24N4O. The zero-order valence-corrected chi connectivity index (χ0v) is 15.6. The van der Waals surface area contributed by atoms with Crippen LogP contribution in [0.2, 0.25) is 0 Å². The average molecular weight is 360 g/mol. The number of aromatic nitrogens is 3. The number of rotatable bonds is 4. The van der Waals surface area contributed by atoms with Crippen molar-refractivity contribution in [2.75, 3.05) is 20.2 Å². The standard InChI is InChI=1S/C22H24N4O/c1-27-22-17(8-5-9-23-22)12-25-13-18-10-21-24-11-20(16-6-3-2-4-7-16)26(21)15-19(18)14-25/h2-9,11,18-19H,10,12-15H2,1H3/t18-,19-/m1/s1. The third-order valence-electron chi connectivity index (χ3n) is 5.96. The predicted molar refractivity (Wildman–Crippen MR) is 104 cm³/mol. The molecule has 2 atom stereocenters. The van der Waals surface area contributed by atoms with Crippen molar-refractivity contribution in [2.24, 2.45) is 11.8 Å². The summed E-state index contributed by atoms with van der Waals surface area (Å²) in [4.78, 5) is 11.6. The lowest BCUT2D eigenvalue weighted by Gasteiger charge is -2.27. The molecule has 1 fully saturated rings. The van der Waals surface area contributed by atoms with E-state index in [1.807, 2.05) is 12.3 Å². The molecule has 0 N–H and O–H groups in total. The summed E-state index contributed by atoms with van der Waals surface area (Å²) in [6, 6.07) is 14.7. The van der Waals surface area contributed by atoms with E-state index in [-0.39, 0.29) is 0 Å². The van der Waals surface area contributed by atoms with E-state index in [1.165, 1.54) is 22.6 Å². The minimum Gasteiger partial charge on any atom is -0.481 e. The number of hydrogen-bond acceptors (Lipinski definition) is 4. The fraction of sp³-hybridized carbons (Fsp3) is 0.364. The molecule has 0 aliphatic carbocycles. The van der Waals surface area contributed by atoms with Gasteiger partial charge in [-0.2, -0.15) is 0 Å². The van der Waals surface area contributed by atoms with Gasteiger partial charge in [-0.3, -0.25) is 4.90 Å². The Morgan fingerprint density at radius 1 is 1.00 bits per heavy atom. The molecule has 0 radical (unpaired) electrons. The second-order valence-electron chi connectivity index (χ2n) is 7.63. The van der Waals surface area contributed by atoms with Crippen LogP contribution in [0.5, 0.6) is 5.88 Å². The normalized spacial score (nSPS) is 21.7. The van der Waals surface area contributed by atoms with Crippen LogP contribution < -0.4 is 4.74 Å². The molecule has 5 nitrogen and oxygen atoms in total. The topological polar surface area (TPSA) is 43.2 Å². The maximum Gasteiger partial charge on any atom is 0.217 e. The highest BCUT2D eigenvalue weighted by atomic mass is 16.5. The van der Waals surface area contributed by atoms with Crippen molar-refractivity contribution in [3.05, 3.63) is 66.2 Å². The summed E-state index contributed by atoms with van der Waals surface area (Å²) in [5.74, 6) is 3.34. The third-order valence-corrected chi connectivity index (χ3v) is 5.96. The molecule has 3 aromatic rings. The van der Waals surface area contributed by atoms with Crippen molar-refractivity contribution in [2.45, 2.75) is 19.5 Å². The number of hydrogen-bond donors (Lipinski definition) is 0. The number of pyridine rings is 1. The number of fused-ring (bicyclic) bond motifs is 2. The van der Waals surface area contributed by atoms with Crippen LogP contribution >= 0.6 is 0 Å². The van der Waals surface area contributed by atoms with Crippen LogP contribution in [0.3, 0.4) is 0 Å². The van der Waals surface area contributed by atoms with E-state index >= 15 is 0 Å². The van der Waals surface area contributed by atoms with Crippen molar-refractivity contribution in [3.63, 3.8) is 0 Å². The summed E-state index contributed by atoms with van der Waals surface area (Å²) < 4.78 is 7.86. The third kappa shape index (κ3) is 3.02. The summed E-state index contributed by atoms with van der Waals surface area (Å²) >= 11 is 0. The fourth-order valence-corrected chi connectivity index (χ4v) is 4.66. The Morgan fingerprint density at radius 3 is 2.70 bits per heavy atom. The molecule has 0 amide bonds. The lowest BCUT2D eigenvalue weighted by atomic mass is 9.89. The molecule has 0 unspecified atom stereocenters. The van der Waals surface area contributed by atoms with Crippen LogP contribution in [0.25, 0.3) is 11.3 Å². The summed E-state index contributed by atoms with van der Waals surface area (Å²) in [7, 11) is 1.69. The second kappa shape index (κ2) is 6.82. The van der Waals surface area contributed by atoms with E-state index in [4.69, 9.17) is 9.72 Å². The maximum atomic E-state index is 5.43. The number of methoxy groups -OCH3 is 1. The molecule has 5 heteroatoms. The van der Waals surface area contributed by atoms with Crippen molar-refractivity contribution in [3.8, 4) is 17.1 Å². The summed E-state index contributed by atoms with van der Waals surface area (Å²) in [6.07, 6.45) is 4.90. The molecule has 0 bridgehead atoms. The molecule has 2 aliphatic rings. The SMILES string of the molecule is COc1ncccc1CN1C[C@H]2Cc3ncc(-c4ccccc4)n3C[C@H]2C1. The van der Waals surface area contributed by atoms with Crippen molar-refractivity contribution < 1.29 is 4.74 Å². The van der Waals surface area contributed by atoms with Crippen LogP contribution in [0.1, 0.15) is 11.4 Å². The first-order valence-corrected chi connectivity index (χ1v) is 9.62. The molecular weight excluding hydrogens is 336 g/mol. The van der Waals surface area contributed by atoms with Crippen LogP contribution in [0, 0.1) is 11.8 Å². The Hall–Kier alpha value is -2.66. The Kier molecular flexibility index (Phi) is 4.17. The number of imidazole rings is 1. The van der Waals surface area contributed by atoms with Gasteiger partial charge in [0.1, 0.15) is 5.82 Å². The molecule has 2 aromatic heterocycles. The van der Waals surface area contributed by atoms with Gasteiger partial charge < -0.3 is 9.30 Å². The Morgan fingerprint density at radius 2 is 1.85 bits per heavy atom. The quantitative estimate of drug-likeness (QED) is 0.716. The zero-order chi connectivity index (χ0) is 18.2. The van der Waals surface area contributed by atoms with Gasteiger partial charge in [0.25, 0.3) is 0 Å². The smallest absolute Gasteiger partial charge is 0.217 e. The van der Waals surface area contributed by atoms with Gasteiger partial charge in [0.2, 0.25) is 5.88 Å². The Labute approximate surface area is 159 Å². The first-order valence-electron chi connectivity index (χ1n) is 9.62. The minimum absolute atomic E-state index is 0.678. The van der Waals surface area contributed by atoms with Crippen molar-refractivity contribution in [1.82, 2.24) is 19.4 Å². The second-order valence-corrected chi connectivity index (χ2v) is 7.63. The van der Waals surface area contributed by atoms with Gasteiger partial charge in [0.15, 0.2) is 0 Å². The summed E-state index contributed by atoms with van der Waals surface area (Å²) in [5.41, 5.74) is 3.67. The fourth-order valence-electron chi connectivity index (χ4n) is 4.66.